The lowest BCUT2D eigenvalue weighted by Crippen LogP contribution is -2.32. The molecule has 0 unspecified atom stereocenters. The van der Waals surface area contributed by atoms with Crippen molar-refractivity contribution in [2.75, 3.05) is 0 Å². The number of para-hydroxylation sites is 2. The highest BCUT2D eigenvalue weighted by Crippen LogP contribution is 2.62. The zero-order valence-electron chi connectivity index (χ0n) is 34.4. The van der Waals surface area contributed by atoms with Crippen molar-refractivity contribution in [3.8, 4) is 65.5 Å². The van der Waals surface area contributed by atoms with Crippen LogP contribution in [0.15, 0.2) is 206 Å². The molecule has 0 amide bonds. The molecule has 0 fully saturated rings. The van der Waals surface area contributed by atoms with E-state index < -0.39 is 5.41 Å². The third-order valence-corrected chi connectivity index (χ3v) is 18.1. The zero-order valence-corrected chi connectivity index (χ0v) is 37.2. The summed E-state index contributed by atoms with van der Waals surface area (Å²) in [7, 11) is -0.0637. The third-order valence-electron chi connectivity index (χ3n) is 13.6. The fraction of sp³-hybridized carbons (Fsp3) is 0.0169. The summed E-state index contributed by atoms with van der Waals surface area (Å²) in [6.45, 7) is 0. The molecular formula is C59H35NOS2Si. The van der Waals surface area contributed by atoms with Gasteiger partial charge in [0.15, 0.2) is 0 Å². The summed E-state index contributed by atoms with van der Waals surface area (Å²) in [6, 6.07) is 76.1. The molecule has 1 aliphatic carbocycles. The second-order valence-electron chi connectivity index (χ2n) is 17.0. The first-order chi connectivity index (χ1) is 31.7. The van der Waals surface area contributed by atoms with Gasteiger partial charge in [0.05, 0.1) is 24.8 Å². The van der Waals surface area contributed by atoms with Crippen LogP contribution in [-0.2, 0) is 5.41 Å². The normalized spacial score (nSPS) is 13.2. The minimum atomic E-state index is -0.499. The fourth-order valence-corrected chi connectivity index (χ4v) is 15.0. The highest BCUT2D eigenvalue weighted by atomic mass is 32.1. The summed E-state index contributed by atoms with van der Waals surface area (Å²) >= 11 is 3.74. The van der Waals surface area contributed by atoms with Crippen LogP contribution in [0.5, 0.6) is 11.5 Å². The number of aromatic nitrogens is 1. The van der Waals surface area contributed by atoms with Crippen molar-refractivity contribution in [3.63, 3.8) is 0 Å². The minimum absolute atomic E-state index is 0.0637. The summed E-state index contributed by atoms with van der Waals surface area (Å²) < 4.78 is 10.7. The third kappa shape index (κ3) is 5.29. The Bertz CT molecular complexity index is 3720. The fourth-order valence-electron chi connectivity index (χ4n) is 10.7. The number of fused-ring (bicyclic) bond motifs is 15. The number of rotatable bonds is 4. The van der Waals surface area contributed by atoms with Crippen LogP contribution in [-0.4, -0.2) is 14.1 Å². The van der Waals surface area contributed by atoms with Gasteiger partial charge in [-0.3, -0.25) is 0 Å². The molecule has 2 aliphatic rings. The molecule has 0 atom stereocenters. The van der Waals surface area contributed by atoms with Crippen LogP contribution >= 0.6 is 22.7 Å². The van der Waals surface area contributed by atoms with Crippen LogP contribution < -0.4 is 4.74 Å². The molecular weight excluding hydrogens is 831 g/mol. The topological polar surface area (TPSA) is 22.1 Å². The van der Waals surface area contributed by atoms with Crippen LogP contribution in [0.25, 0.3) is 95.5 Å². The highest BCUT2D eigenvalue weighted by molar-refractivity contribution is 7.27. The van der Waals surface area contributed by atoms with Gasteiger partial charge < -0.3 is 4.74 Å². The number of hydrogen-bond donors (Lipinski definition) is 0. The largest absolute Gasteiger partial charge is 0.457 e. The summed E-state index contributed by atoms with van der Waals surface area (Å²) in [5.41, 5.74) is 15.3. The van der Waals surface area contributed by atoms with E-state index in [1.54, 1.807) is 11.3 Å². The molecule has 14 rings (SSSR count). The molecule has 2 aromatic heterocycles. The van der Waals surface area contributed by atoms with Gasteiger partial charge in [-0.2, -0.15) is 0 Å². The maximum Gasteiger partial charge on any atom is 0.132 e. The van der Waals surface area contributed by atoms with Gasteiger partial charge >= 0.3 is 0 Å². The van der Waals surface area contributed by atoms with E-state index in [4.69, 9.17) is 9.72 Å². The first-order valence-corrected chi connectivity index (χ1v) is 24.5. The molecule has 0 radical (unpaired) electrons. The molecule has 1 aliphatic heterocycles. The molecule has 5 heteroatoms. The van der Waals surface area contributed by atoms with Gasteiger partial charge in [0.2, 0.25) is 0 Å². The van der Waals surface area contributed by atoms with E-state index in [2.05, 4.69) is 206 Å². The van der Waals surface area contributed by atoms with E-state index in [1.807, 2.05) is 11.3 Å². The van der Waals surface area contributed by atoms with Crippen LogP contribution in [0, 0.1) is 0 Å². The van der Waals surface area contributed by atoms with Crippen LogP contribution in [0.1, 0.15) is 22.3 Å². The van der Waals surface area contributed by atoms with E-state index >= 15 is 0 Å². The number of benzene rings is 10. The Balaban J connectivity index is 0.912. The van der Waals surface area contributed by atoms with E-state index in [1.165, 1.54) is 102 Å². The second kappa shape index (κ2) is 13.9. The van der Waals surface area contributed by atoms with Gasteiger partial charge in [0.25, 0.3) is 0 Å². The van der Waals surface area contributed by atoms with Crippen molar-refractivity contribution >= 4 is 73.3 Å². The summed E-state index contributed by atoms with van der Waals surface area (Å²) in [5.74, 6) is 1.82. The minimum Gasteiger partial charge on any atom is -0.457 e. The summed E-state index contributed by atoms with van der Waals surface area (Å²) in [6.07, 6.45) is 0. The molecule has 12 aromatic rings. The van der Waals surface area contributed by atoms with Crippen LogP contribution in [0.2, 0.25) is 0 Å². The Morgan fingerprint density at radius 3 is 1.77 bits per heavy atom. The Kier molecular flexibility index (Phi) is 7.84. The Morgan fingerprint density at radius 2 is 0.984 bits per heavy atom. The molecule has 0 saturated carbocycles. The summed E-state index contributed by atoms with van der Waals surface area (Å²) in [5, 5.41) is 6.18. The molecule has 298 valence electrons. The van der Waals surface area contributed by atoms with Crippen LogP contribution in [0.3, 0.4) is 0 Å². The first-order valence-electron chi connectivity index (χ1n) is 21.7. The van der Waals surface area contributed by atoms with Crippen molar-refractivity contribution in [2.24, 2.45) is 0 Å². The van der Waals surface area contributed by atoms with Crippen molar-refractivity contribution in [3.05, 3.63) is 229 Å². The zero-order chi connectivity index (χ0) is 41.9. The van der Waals surface area contributed by atoms with Crippen molar-refractivity contribution in [1.29, 1.82) is 0 Å². The predicted octanol–water partition coefficient (Wildman–Crippen LogP) is 16.0. The molecule has 0 bridgehead atoms. The number of nitrogens with zero attached hydrogens (tertiary/aromatic N) is 1. The number of hydrogen-bond acceptors (Lipinski definition) is 4. The average Bonchev–Trinajstić information content (AvgIpc) is 4.08. The number of thiazole rings is 1. The number of ether oxygens (including phenoxy) is 1. The molecule has 0 N–H and O–H groups in total. The second-order valence-corrected chi connectivity index (χ2v) is 21.0. The van der Waals surface area contributed by atoms with Gasteiger partial charge in [-0.15, -0.1) is 22.7 Å². The Labute approximate surface area is 380 Å². The van der Waals surface area contributed by atoms with Gasteiger partial charge in [0, 0.05) is 31.3 Å². The predicted molar refractivity (Wildman–Crippen MR) is 272 cm³/mol. The van der Waals surface area contributed by atoms with Crippen LogP contribution in [0.4, 0.5) is 0 Å². The van der Waals surface area contributed by atoms with Crippen molar-refractivity contribution in [1.82, 2.24) is 4.98 Å². The summed E-state index contributed by atoms with van der Waals surface area (Å²) in [4.78, 5) is 6.86. The van der Waals surface area contributed by atoms with Crippen molar-refractivity contribution < 1.29 is 4.74 Å². The Morgan fingerprint density at radius 1 is 0.406 bits per heavy atom. The van der Waals surface area contributed by atoms with E-state index in [-0.39, 0.29) is 9.12 Å². The van der Waals surface area contributed by atoms with Gasteiger partial charge in [0.1, 0.15) is 16.5 Å². The average molecular weight is 866 g/mol. The maximum atomic E-state index is 6.60. The first kappa shape index (κ1) is 36.2. The maximum absolute atomic E-state index is 6.60. The molecule has 10 aromatic carbocycles. The van der Waals surface area contributed by atoms with Gasteiger partial charge in [-0.05, 0) is 120 Å². The molecule has 0 saturated heterocycles. The van der Waals surface area contributed by atoms with E-state index in [0.29, 0.717) is 0 Å². The van der Waals surface area contributed by atoms with Crippen molar-refractivity contribution in [2.45, 2.75) is 5.41 Å². The van der Waals surface area contributed by atoms with E-state index in [9.17, 15) is 0 Å². The van der Waals surface area contributed by atoms with Gasteiger partial charge in [-0.1, -0.05) is 158 Å². The molecule has 1 spiro atoms. The lowest BCUT2D eigenvalue weighted by Gasteiger charge is -2.39. The molecule has 3 heterocycles. The van der Waals surface area contributed by atoms with Gasteiger partial charge in [-0.25, -0.2) is 4.98 Å². The molecule has 64 heavy (non-hydrogen) atoms. The lowest BCUT2D eigenvalue weighted by atomic mass is 9.66. The SMILES string of the molecule is c1ccc2c(c1)Oc1ccccc1C21c2ccccc2-c2ccc(-c3ccc(-c4cc(-c5nc6c(ccc7ccccc76)s5)cc(-c5[siH]c6c(ccc7ccccc76)s5)c4)cc3)cc21. The quantitative estimate of drug-likeness (QED) is 0.164. The Hall–Kier alpha value is -7.28. The highest BCUT2D eigenvalue weighted by Gasteiger charge is 2.51. The molecule has 2 nitrogen and oxygen atoms in total. The standard InChI is InChI=1S/C59H35NOS2Si/c1-3-13-43-37(11-1)26-29-53-55(43)60-57(62-53)41-31-40(32-42(33-41)58-63-54-30-27-38-12-2-4-14-44(38)56(54)64-58)36-23-21-35(22-24-36)39-25-28-46-45-15-5-6-16-47(45)59(50(46)34-39)48-17-7-9-19-51(48)61-52-20-10-8-18-49(52)59/h1-34,64H. The van der Waals surface area contributed by atoms with E-state index in [0.717, 1.165) is 27.6 Å². The lowest BCUT2D eigenvalue weighted by molar-refractivity contribution is 0.436. The smallest absolute Gasteiger partial charge is 0.132 e. The monoisotopic (exact) mass is 865 g/mol.